The Balaban J connectivity index is 1.74. The molecule has 0 radical (unpaired) electrons. The maximum Gasteiger partial charge on any atom is 0.239 e. The average Bonchev–Trinajstić information content (AvgIpc) is 3.09. The monoisotopic (exact) mass is 322 g/mol. The lowest BCUT2D eigenvalue weighted by molar-refractivity contribution is -0.119. The summed E-state index contributed by atoms with van der Waals surface area (Å²) < 4.78 is 16.3. The maximum atomic E-state index is 11.8. The van der Waals surface area contributed by atoms with Gasteiger partial charge in [0.25, 0.3) is 0 Å². The van der Waals surface area contributed by atoms with Crippen LogP contribution in [-0.2, 0) is 14.3 Å². The van der Waals surface area contributed by atoms with E-state index < -0.39 is 0 Å². The van der Waals surface area contributed by atoms with Crippen LogP contribution in [0.15, 0.2) is 24.3 Å². The highest BCUT2D eigenvalue weighted by Crippen LogP contribution is 2.24. The molecule has 6 heteroatoms. The molecule has 1 amide bonds. The number of carbonyl (C=O) groups is 1. The Morgan fingerprint density at radius 1 is 1.39 bits per heavy atom. The van der Waals surface area contributed by atoms with Crippen LogP contribution in [0.1, 0.15) is 19.3 Å². The van der Waals surface area contributed by atoms with Crippen LogP contribution >= 0.6 is 0 Å². The summed E-state index contributed by atoms with van der Waals surface area (Å²) in [6, 6.07) is 7.63. The fourth-order valence-electron chi connectivity index (χ4n) is 2.38. The number of rotatable bonds is 10. The van der Waals surface area contributed by atoms with E-state index in [0.29, 0.717) is 19.8 Å². The van der Waals surface area contributed by atoms with Gasteiger partial charge in [0.1, 0.15) is 12.4 Å². The van der Waals surface area contributed by atoms with Crippen molar-refractivity contribution in [2.45, 2.75) is 25.4 Å². The molecule has 0 aliphatic carbocycles. The summed E-state index contributed by atoms with van der Waals surface area (Å²) in [5, 5.41) is 5.96. The van der Waals surface area contributed by atoms with Gasteiger partial charge < -0.3 is 24.8 Å². The summed E-state index contributed by atoms with van der Waals surface area (Å²) in [6.07, 6.45) is 3.12. The van der Waals surface area contributed by atoms with Crippen molar-refractivity contribution >= 4 is 11.6 Å². The van der Waals surface area contributed by atoms with Gasteiger partial charge in [0.15, 0.2) is 0 Å². The fourth-order valence-corrected chi connectivity index (χ4v) is 2.38. The summed E-state index contributed by atoms with van der Waals surface area (Å²) in [7, 11) is 1.65. The van der Waals surface area contributed by atoms with Gasteiger partial charge in [0.2, 0.25) is 5.91 Å². The molecule has 0 bridgehead atoms. The number of benzene rings is 1. The molecular weight excluding hydrogens is 296 g/mol. The number of carbonyl (C=O) groups excluding carboxylic acids is 1. The minimum Gasteiger partial charge on any atom is -0.489 e. The molecule has 2 rings (SSSR count). The Kier molecular flexibility index (Phi) is 7.69. The number of amides is 1. The van der Waals surface area contributed by atoms with Crippen molar-refractivity contribution in [3.63, 3.8) is 0 Å². The Labute approximate surface area is 137 Å². The number of methoxy groups -OCH3 is 1. The SMILES string of the molecule is COCCCNC(=O)CNc1ccccc1OCC1CCCO1. The maximum absolute atomic E-state index is 11.8. The fraction of sp³-hybridized carbons (Fsp3) is 0.588. The van der Waals surface area contributed by atoms with Crippen molar-refractivity contribution < 1.29 is 19.0 Å². The second-order valence-electron chi connectivity index (χ2n) is 5.49. The molecule has 2 N–H and O–H groups in total. The van der Waals surface area contributed by atoms with E-state index in [4.69, 9.17) is 14.2 Å². The number of ether oxygens (including phenoxy) is 3. The Hall–Kier alpha value is -1.79. The molecule has 1 unspecified atom stereocenters. The number of hydrogen-bond donors (Lipinski definition) is 2. The average molecular weight is 322 g/mol. The molecule has 1 heterocycles. The summed E-state index contributed by atoms with van der Waals surface area (Å²) in [5.74, 6) is 0.699. The predicted octanol–water partition coefficient (Wildman–Crippen LogP) is 1.81. The highest BCUT2D eigenvalue weighted by molar-refractivity contribution is 5.81. The first-order valence-corrected chi connectivity index (χ1v) is 8.12. The molecule has 0 spiro atoms. The molecule has 1 saturated heterocycles. The van der Waals surface area contributed by atoms with Crippen molar-refractivity contribution in [2.75, 3.05) is 45.3 Å². The minimum absolute atomic E-state index is 0.0463. The third-order valence-corrected chi connectivity index (χ3v) is 3.62. The number of hydrogen-bond acceptors (Lipinski definition) is 5. The quantitative estimate of drug-likeness (QED) is 0.643. The highest BCUT2D eigenvalue weighted by Gasteiger charge is 2.16. The van der Waals surface area contributed by atoms with Crippen LogP contribution in [0.2, 0.25) is 0 Å². The van der Waals surface area contributed by atoms with Crippen molar-refractivity contribution in [1.82, 2.24) is 5.32 Å². The molecule has 0 aromatic heterocycles. The lowest BCUT2D eigenvalue weighted by Crippen LogP contribution is -2.31. The van der Waals surface area contributed by atoms with Crippen LogP contribution in [0.5, 0.6) is 5.75 Å². The Morgan fingerprint density at radius 3 is 3.04 bits per heavy atom. The van der Waals surface area contributed by atoms with E-state index in [1.807, 2.05) is 24.3 Å². The van der Waals surface area contributed by atoms with Gasteiger partial charge >= 0.3 is 0 Å². The molecule has 128 valence electrons. The summed E-state index contributed by atoms with van der Waals surface area (Å²) in [4.78, 5) is 11.8. The standard InChI is InChI=1S/C17H26N2O4/c1-21-10-5-9-18-17(20)12-19-15-7-2-3-8-16(15)23-13-14-6-4-11-22-14/h2-3,7-8,14,19H,4-6,9-13H2,1H3,(H,18,20). The van der Waals surface area contributed by atoms with Crippen LogP contribution in [0.25, 0.3) is 0 Å². The Morgan fingerprint density at radius 2 is 2.26 bits per heavy atom. The van der Waals surface area contributed by atoms with Crippen LogP contribution in [0.4, 0.5) is 5.69 Å². The van der Waals surface area contributed by atoms with Gasteiger partial charge in [-0.25, -0.2) is 0 Å². The van der Waals surface area contributed by atoms with E-state index in [-0.39, 0.29) is 18.6 Å². The summed E-state index contributed by atoms with van der Waals surface area (Å²) >= 11 is 0. The molecule has 6 nitrogen and oxygen atoms in total. The van der Waals surface area contributed by atoms with Crippen molar-refractivity contribution in [2.24, 2.45) is 0 Å². The lowest BCUT2D eigenvalue weighted by atomic mass is 10.2. The first-order chi connectivity index (χ1) is 11.3. The van der Waals surface area contributed by atoms with Gasteiger partial charge in [-0.3, -0.25) is 4.79 Å². The third-order valence-electron chi connectivity index (χ3n) is 3.62. The first kappa shape index (κ1) is 17.6. The lowest BCUT2D eigenvalue weighted by Gasteiger charge is -2.15. The zero-order valence-corrected chi connectivity index (χ0v) is 13.7. The van der Waals surface area contributed by atoms with E-state index in [0.717, 1.165) is 37.3 Å². The number of anilines is 1. The molecular formula is C17H26N2O4. The largest absolute Gasteiger partial charge is 0.489 e. The van der Waals surface area contributed by atoms with Gasteiger partial charge in [0.05, 0.1) is 18.3 Å². The molecule has 1 aromatic rings. The minimum atomic E-state index is -0.0463. The van der Waals surface area contributed by atoms with Crippen LogP contribution in [0.3, 0.4) is 0 Å². The van der Waals surface area contributed by atoms with E-state index in [1.54, 1.807) is 7.11 Å². The summed E-state index contributed by atoms with van der Waals surface area (Å²) in [5.41, 5.74) is 0.817. The highest BCUT2D eigenvalue weighted by atomic mass is 16.5. The normalized spacial score (nSPS) is 17.0. The number of para-hydroxylation sites is 2. The second kappa shape index (κ2) is 10.1. The summed E-state index contributed by atoms with van der Waals surface area (Å²) in [6.45, 7) is 2.84. The van der Waals surface area contributed by atoms with Crippen LogP contribution in [-0.4, -0.2) is 52.0 Å². The van der Waals surface area contributed by atoms with Crippen LogP contribution in [0, 0.1) is 0 Å². The molecule has 1 aliphatic heterocycles. The van der Waals surface area contributed by atoms with E-state index in [1.165, 1.54) is 0 Å². The van der Waals surface area contributed by atoms with Crippen molar-refractivity contribution in [1.29, 1.82) is 0 Å². The van der Waals surface area contributed by atoms with Gasteiger partial charge in [-0.1, -0.05) is 12.1 Å². The van der Waals surface area contributed by atoms with Gasteiger partial charge in [-0.2, -0.15) is 0 Å². The van der Waals surface area contributed by atoms with Crippen molar-refractivity contribution in [3.8, 4) is 5.75 Å². The molecule has 1 atom stereocenters. The predicted molar refractivity (Wildman–Crippen MR) is 88.9 cm³/mol. The molecule has 1 aromatic carbocycles. The Bertz CT molecular complexity index is 475. The van der Waals surface area contributed by atoms with Gasteiger partial charge in [0, 0.05) is 26.9 Å². The van der Waals surface area contributed by atoms with Gasteiger partial charge in [-0.15, -0.1) is 0 Å². The topological polar surface area (TPSA) is 68.8 Å². The zero-order valence-electron chi connectivity index (χ0n) is 13.7. The van der Waals surface area contributed by atoms with E-state index in [9.17, 15) is 4.79 Å². The second-order valence-corrected chi connectivity index (χ2v) is 5.49. The van der Waals surface area contributed by atoms with Crippen LogP contribution < -0.4 is 15.4 Å². The molecule has 0 saturated carbocycles. The van der Waals surface area contributed by atoms with E-state index in [2.05, 4.69) is 10.6 Å². The van der Waals surface area contributed by atoms with Gasteiger partial charge in [-0.05, 0) is 31.4 Å². The van der Waals surface area contributed by atoms with E-state index >= 15 is 0 Å². The number of nitrogens with one attached hydrogen (secondary N) is 2. The molecule has 23 heavy (non-hydrogen) atoms. The third kappa shape index (κ3) is 6.46. The molecule has 1 fully saturated rings. The zero-order chi connectivity index (χ0) is 16.3. The smallest absolute Gasteiger partial charge is 0.239 e. The first-order valence-electron chi connectivity index (χ1n) is 8.12. The van der Waals surface area contributed by atoms with Crippen molar-refractivity contribution in [3.05, 3.63) is 24.3 Å². The molecule has 1 aliphatic rings.